The van der Waals surface area contributed by atoms with Gasteiger partial charge in [-0.2, -0.15) is 0 Å². The summed E-state index contributed by atoms with van der Waals surface area (Å²) in [5, 5.41) is 0. The van der Waals surface area contributed by atoms with Crippen molar-refractivity contribution in [2.45, 2.75) is 70.0 Å². The molecule has 2 saturated heterocycles. The SMILES string of the molecule is CC(C)C1CCC(N2CCC3(CC2)C(N2C(=O)c4ccccc4C2=O)C(=O)N3c2ccccc2)CC1. The fourth-order valence-corrected chi connectivity index (χ4v) is 7.29. The molecule has 188 valence electrons. The molecule has 0 aromatic heterocycles. The molecule has 0 N–H and O–H groups in total. The van der Waals surface area contributed by atoms with E-state index >= 15 is 0 Å². The Morgan fingerprint density at radius 3 is 1.89 bits per heavy atom. The Bertz CT molecular complexity index is 1140. The van der Waals surface area contributed by atoms with Crippen LogP contribution in [-0.4, -0.2) is 58.2 Å². The third kappa shape index (κ3) is 3.45. The quantitative estimate of drug-likeness (QED) is 0.463. The highest BCUT2D eigenvalue weighted by Crippen LogP contribution is 2.49. The normalized spacial score (nSPS) is 28.1. The zero-order valence-corrected chi connectivity index (χ0v) is 21.2. The number of β-lactam (4-membered cyclic amide) rings is 1. The van der Waals surface area contributed by atoms with Crippen LogP contribution in [0.2, 0.25) is 0 Å². The molecule has 2 aromatic rings. The molecule has 1 aliphatic carbocycles. The van der Waals surface area contributed by atoms with Crippen LogP contribution in [-0.2, 0) is 4.79 Å². The monoisotopic (exact) mass is 485 g/mol. The molecule has 2 aromatic carbocycles. The van der Waals surface area contributed by atoms with Crippen molar-refractivity contribution in [2.24, 2.45) is 11.8 Å². The van der Waals surface area contributed by atoms with Crippen molar-refractivity contribution in [1.82, 2.24) is 9.80 Å². The molecule has 1 atom stereocenters. The lowest BCUT2D eigenvalue weighted by Crippen LogP contribution is -2.82. The van der Waals surface area contributed by atoms with E-state index in [2.05, 4.69) is 18.7 Å². The maximum Gasteiger partial charge on any atom is 0.262 e. The molecule has 0 bridgehead atoms. The molecular weight excluding hydrogens is 450 g/mol. The molecule has 4 aliphatic rings. The van der Waals surface area contributed by atoms with Crippen molar-refractivity contribution >= 4 is 23.4 Å². The molecule has 3 fully saturated rings. The van der Waals surface area contributed by atoms with E-state index in [1.54, 1.807) is 24.3 Å². The second kappa shape index (κ2) is 8.84. The fourth-order valence-electron chi connectivity index (χ4n) is 7.29. The number of carbonyl (C=O) groups is 3. The molecule has 1 saturated carbocycles. The van der Waals surface area contributed by atoms with E-state index in [4.69, 9.17) is 0 Å². The first-order valence-electron chi connectivity index (χ1n) is 13.5. The number of amides is 3. The average molecular weight is 486 g/mol. The van der Waals surface area contributed by atoms with Crippen LogP contribution in [0.15, 0.2) is 54.6 Å². The highest BCUT2D eigenvalue weighted by Gasteiger charge is 2.66. The summed E-state index contributed by atoms with van der Waals surface area (Å²) in [5.41, 5.74) is 1.10. The first-order chi connectivity index (χ1) is 17.4. The summed E-state index contributed by atoms with van der Waals surface area (Å²) in [6.45, 7) is 6.43. The van der Waals surface area contributed by atoms with Gasteiger partial charge < -0.3 is 9.80 Å². The second-order valence-corrected chi connectivity index (χ2v) is 11.4. The number of rotatable bonds is 4. The predicted molar refractivity (Wildman–Crippen MR) is 139 cm³/mol. The van der Waals surface area contributed by atoms with Crippen LogP contribution in [0.1, 0.15) is 73.1 Å². The zero-order valence-electron chi connectivity index (χ0n) is 21.2. The summed E-state index contributed by atoms with van der Waals surface area (Å²) in [5.74, 6) is 0.748. The summed E-state index contributed by atoms with van der Waals surface area (Å²) in [6.07, 6.45) is 6.57. The van der Waals surface area contributed by atoms with E-state index in [0.717, 1.165) is 43.5 Å². The smallest absolute Gasteiger partial charge is 0.262 e. The Morgan fingerprint density at radius 2 is 1.33 bits per heavy atom. The zero-order chi connectivity index (χ0) is 25.0. The number of hydrogen-bond donors (Lipinski definition) is 0. The average Bonchev–Trinajstić information content (AvgIpc) is 3.15. The molecule has 1 spiro atoms. The van der Waals surface area contributed by atoms with Crippen molar-refractivity contribution in [3.8, 4) is 0 Å². The van der Waals surface area contributed by atoms with E-state index in [1.165, 1.54) is 30.6 Å². The number of anilines is 1. The standard InChI is InChI=1S/C30H35N3O3/c1-20(2)21-12-14-22(15-13-21)31-18-16-30(17-19-31)26(29(36)33(30)23-8-4-3-5-9-23)32-27(34)24-10-6-7-11-25(24)28(32)35/h3-11,20-22,26H,12-19H2,1-2H3. The third-order valence-corrected chi connectivity index (χ3v) is 9.37. The van der Waals surface area contributed by atoms with Crippen LogP contribution in [0.5, 0.6) is 0 Å². The van der Waals surface area contributed by atoms with Gasteiger partial charge >= 0.3 is 0 Å². The van der Waals surface area contributed by atoms with Crippen LogP contribution in [0.4, 0.5) is 5.69 Å². The number of hydrogen-bond acceptors (Lipinski definition) is 4. The Labute approximate surface area is 213 Å². The number of imide groups is 1. The highest BCUT2D eigenvalue weighted by atomic mass is 16.2. The maximum atomic E-state index is 13.7. The van der Waals surface area contributed by atoms with Gasteiger partial charge in [0.1, 0.15) is 6.04 Å². The van der Waals surface area contributed by atoms with E-state index in [-0.39, 0.29) is 17.7 Å². The summed E-state index contributed by atoms with van der Waals surface area (Å²) in [7, 11) is 0. The van der Waals surface area contributed by atoms with Crippen molar-refractivity contribution in [3.63, 3.8) is 0 Å². The van der Waals surface area contributed by atoms with E-state index in [0.29, 0.717) is 17.2 Å². The summed E-state index contributed by atoms with van der Waals surface area (Å²) in [4.78, 5) is 46.2. The Balaban J connectivity index is 1.27. The van der Waals surface area contributed by atoms with Crippen molar-refractivity contribution in [2.75, 3.05) is 18.0 Å². The summed E-state index contributed by atoms with van der Waals surface area (Å²) < 4.78 is 0. The topological polar surface area (TPSA) is 60.9 Å². The first kappa shape index (κ1) is 23.4. The summed E-state index contributed by atoms with van der Waals surface area (Å²) in [6, 6.07) is 16.5. The second-order valence-electron chi connectivity index (χ2n) is 11.4. The minimum absolute atomic E-state index is 0.151. The number of nitrogens with zero attached hydrogens (tertiary/aromatic N) is 3. The van der Waals surface area contributed by atoms with Crippen LogP contribution in [0.25, 0.3) is 0 Å². The molecule has 3 heterocycles. The van der Waals surface area contributed by atoms with Crippen LogP contribution < -0.4 is 4.90 Å². The number of benzene rings is 2. The molecule has 3 amide bonds. The Morgan fingerprint density at radius 1 is 0.778 bits per heavy atom. The van der Waals surface area contributed by atoms with Gasteiger partial charge in [0, 0.05) is 24.8 Å². The van der Waals surface area contributed by atoms with Crippen molar-refractivity contribution < 1.29 is 14.4 Å². The van der Waals surface area contributed by atoms with Crippen molar-refractivity contribution in [1.29, 1.82) is 0 Å². The molecule has 0 radical (unpaired) electrons. The van der Waals surface area contributed by atoms with Crippen LogP contribution in [0.3, 0.4) is 0 Å². The number of carbonyl (C=O) groups excluding carboxylic acids is 3. The molecule has 6 rings (SSSR count). The van der Waals surface area contributed by atoms with Gasteiger partial charge in [0.2, 0.25) is 0 Å². The summed E-state index contributed by atoms with van der Waals surface area (Å²) >= 11 is 0. The van der Waals surface area contributed by atoms with Gasteiger partial charge in [0.25, 0.3) is 17.7 Å². The molecule has 3 aliphatic heterocycles. The molecule has 36 heavy (non-hydrogen) atoms. The third-order valence-electron chi connectivity index (χ3n) is 9.37. The highest BCUT2D eigenvalue weighted by molar-refractivity contribution is 6.25. The Hall–Kier alpha value is -2.99. The minimum Gasteiger partial charge on any atom is -0.302 e. The van der Waals surface area contributed by atoms with E-state index in [9.17, 15) is 14.4 Å². The van der Waals surface area contributed by atoms with E-state index < -0.39 is 11.6 Å². The largest absolute Gasteiger partial charge is 0.302 e. The van der Waals surface area contributed by atoms with Gasteiger partial charge in [-0.05, 0) is 74.6 Å². The number of likely N-dealkylation sites (tertiary alicyclic amines) is 1. The molecular formula is C30H35N3O3. The molecule has 1 unspecified atom stereocenters. The van der Waals surface area contributed by atoms with Gasteiger partial charge in [-0.15, -0.1) is 0 Å². The maximum absolute atomic E-state index is 13.7. The van der Waals surface area contributed by atoms with Crippen LogP contribution in [0, 0.1) is 11.8 Å². The number of piperidine rings is 1. The molecule has 6 heteroatoms. The van der Waals surface area contributed by atoms with Gasteiger partial charge in [0.05, 0.1) is 16.7 Å². The minimum atomic E-state index is -0.746. The van der Waals surface area contributed by atoms with E-state index in [1.807, 2.05) is 35.2 Å². The number of para-hydroxylation sites is 1. The van der Waals surface area contributed by atoms with Crippen LogP contribution >= 0.6 is 0 Å². The lowest BCUT2D eigenvalue weighted by molar-refractivity contribution is -0.137. The van der Waals surface area contributed by atoms with Gasteiger partial charge in [-0.3, -0.25) is 19.3 Å². The number of fused-ring (bicyclic) bond motifs is 1. The Kier molecular flexibility index (Phi) is 5.75. The van der Waals surface area contributed by atoms with Gasteiger partial charge in [-0.25, -0.2) is 0 Å². The predicted octanol–water partition coefficient (Wildman–Crippen LogP) is 4.75. The first-order valence-corrected chi connectivity index (χ1v) is 13.5. The van der Waals surface area contributed by atoms with Gasteiger partial charge in [-0.1, -0.05) is 44.2 Å². The fraction of sp³-hybridized carbons (Fsp3) is 0.500. The van der Waals surface area contributed by atoms with Gasteiger partial charge in [0.15, 0.2) is 0 Å². The lowest BCUT2D eigenvalue weighted by atomic mass is 9.69. The lowest BCUT2D eigenvalue weighted by Gasteiger charge is -2.62. The molecule has 6 nitrogen and oxygen atoms in total. The van der Waals surface area contributed by atoms with Crippen molar-refractivity contribution in [3.05, 3.63) is 65.7 Å².